The molecule has 0 heterocycles. The van der Waals surface area contributed by atoms with Crippen molar-refractivity contribution in [2.24, 2.45) is 5.73 Å². The summed E-state index contributed by atoms with van der Waals surface area (Å²) in [5.74, 6) is -0.252. The van der Waals surface area contributed by atoms with Gasteiger partial charge in [-0.1, -0.05) is 19.1 Å². The van der Waals surface area contributed by atoms with E-state index < -0.39 is 6.04 Å². The zero-order valence-corrected chi connectivity index (χ0v) is 10.6. The minimum atomic E-state index is -0.425. The highest BCUT2D eigenvalue weighted by Gasteiger charge is 2.34. The molecule has 1 aliphatic rings. The number of halogens is 1. The van der Waals surface area contributed by atoms with Gasteiger partial charge in [0.15, 0.2) is 0 Å². The summed E-state index contributed by atoms with van der Waals surface area (Å²) in [5.41, 5.74) is 6.75. The lowest BCUT2D eigenvalue weighted by molar-refractivity contribution is -0.133. The second-order valence-corrected chi connectivity index (χ2v) is 4.84. The largest absolute Gasteiger partial charge is 0.334 e. The minimum absolute atomic E-state index is 0.00400. The molecule has 0 aliphatic heterocycles. The Morgan fingerprint density at radius 2 is 2.06 bits per heavy atom. The summed E-state index contributed by atoms with van der Waals surface area (Å²) >= 11 is 0. The predicted molar refractivity (Wildman–Crippen MR) is 68.2 cm³/mol. The fourth-order valence-corrected chi connectivity index (χ4v) is 1.95. The van der Waals surface area contributed by atoms with Gasteiger partial charge >= 0.3 is 0 Å². The summed E-state index contributed by atoms with van der Waals surface area (Å²) in [4.78, 5) is 14.0. The number of hydrogen-bond acceptors (Lipinski definition) is 2. The third-order valence-electron chi connectivity index (χ3n) is 3.29. The molecule has 1 aromatic rings. The van der Waals surface area contributed by atoms with E-state index in [1.165, 1.54) is 12.1 Å². The van der Waals surface area contributed by atoms with E-state index in [9.17, 15) is 9.18 Å². The SMILES string of the molecule is CCC(N)C(=O)N(Cc1ccc(F)cc1)C1CC1. The van der Waals surface area contributed by atoms with Gasteiger partial charge in [0.25, 0.3) is 0 Å². The second kappa shape index (κ2) is 5.48. The molecule has 1 atom stereocenters. The van der Waals surface area contributed by atoms with Gasteiger partial charge in [0.1, 0.15) is 5.82 Å². The molecule has 0 spiro atoms. The first-order valence-electron chi connectivity index (χ1n) is 6.42. The van der Waals surface area contributed by atoms with Gasteiger partial charge in [0, 0.05) is 12.6 Å². The number of amides is 1. The zero-order chi connectivity index (χ0) is 13.1. The molecule has 98 valence electrons. The van der Waals surface area contributed by atoms with Crippen LogP contribution >= 0.6 is 0 Å². The van der Waals surface area contributed by atoms with E-state index in [-0.39, 0.29) is 11.7 Å². The highest BCUT2D eigenvalue weighted by molar-refractivity contribution is 5.82. The van der Waals surface area contributed by atoms with Crippen molar-refractivity contribution < 1.29 is 9.18 Å². The molecule has 1 aromatic carbocycles. The molecular formula is C14H19FN2O. The van der Waals surface area contributed by atoms with Crippen molar-refractivity contribution in [2.45, 2.75) is 44.8 Å². The second-order valence-electron chi connectivity index (χ2n) is 4.84. The Morgan fingerprint density at radius 1 is 1.44 bits per heavy atom. The van der Waals surface area contributed by atoms with E-state index >= 15 is 0 Å². The highest BCUT2D eigenvalue weighted by Crippen LogP contribution is 2.29. The van der Waals surface area contributed by atoms with E-state index in [0.717, 1.165) is 18.4 Å². The Balaban J connectivity index is 2.06. The van der Waals surface area contributed by atoms with Crippen molar-refractivity contribution in [1.82, 2.24) is 4.90 Å². The van der Waals surface area contributed by atoms with Gasteiger partial charge in [-0.3, -0.25) is 4.79 Å². The third kappa shape index (κ3) is 3.07. The number of nitrogens with zero attached hydrogens (tertiary/aromatic N) is 1. The van der Waals surface area contributed by atoms with Crippen molar-refractivity contribution in [2.75, 3.05) is 0 Å². The molecule has 1 saturated carbocycles. The molecule has 4 heteroatoms. The lowest BCUT2D eigenvalue weighted by Gasteiger charge is -2.25. The first kappa shape index (κ1) is 13.0. The molecule has 1 amide bonds. The average Bonchev–Trinajstić information content (AvgIpc) is 3.20. The Labute approximate surface area is 107 Å². The number of carbonyl (C=O) groups is 1. The third-order valence-corrected chi connectivity index (χ3v) is 3.29. The molecule has 3 nitrogen and oxygen atoms in total. The molecule has 0 radical (unpaired) electrons. The van der Waals surface area contributed by atoms with Crippen LogP contribution in [0.25, 0.3) is 0 Å². The van der Waals surface area contributed by atoms with Gasteiger partial charge in [0.05, 0.1) is 6.04 Å². The van der Waals surface area contributed by atoms with Crippen LogP contribution in [0.3, 0.4) is 0 Å². The lowest BCUT2D eigenvalue weighted by atomic mass is 10.1. The smallest absolute Gasteiger partial charge is 0.240 e. The van der Waals surface area contributed by atoms with Gasteiger partial charge in [-0.05, 0) is 37.0 Å². The van der Waals surface area contributed by atoms with Crippen LogP contribution in [-0.2, 0) is 11.3 Å². The van der Waals surface area contributed by atoms with Crippen molar-refractivity contribution in [1.29, 1.82) is 0 Å². The molecule has 1 unspecified atom stereocenters. The van der Waals surface area contributed by atoms with Crippen molar-refractivity contribution in [3.05, 3.63) is 35.6 Å². The Bertz CT molecular complexity index is 414. The number of benzene rings is 1. The summed E-state index contributed by atoms with van der Waals surface area (Å²) in [6, 6.07) is 6.17. The van der Waals surface area contributed by atoms with Gasteiger partial charge in [-0.15, -0.1) is 0 Å². The quantitative estimate of drug-likeness (QED) is 0.869. The summed E-state index contributed by atoms with van der Waals surface area (Å²) in [6.07, 6.45) is 2.73. The van der Waals surface area contributed by atoms with Crippen molar-refractivity contribution in [3.8, 4) is 0 Å². The zero-order valence-electron chi connectivity index (χ0n) is 10.6. The summed E-state index contributed by atoms with van der Waals surface area (Å²) < 4.78 is 12.8. The van der Waals surface area contributed by atoms with Gasteiger partial charge in [-0.25, -0.2) is 4.39 Å². The molecule has 2 N–H and O–H groups in total. The maximum Gasteiger partial charge on any atom is 0.240 e. The molecule has 0 saturated heterocycles. The average molecular weight is 250 g/mol. The van der Waals surface area contributed by atoms with Gasteiger partial charge in [-0.2, -0.15) is 0 Å². The number of rotatable bonds is 5. The fraction of sp³-hybridized carbons (Fsp3) is 0.500. The molecule has 2 rings (SSSR count). The summed E-state index contributed by atoms with van der Waals surface area (Å²) in [6.45, 7) is 2.43. The summed E-state index contributed by atoms with van der Waals surface area (Å²) in [5, 5.41) is 0. The minimum Gasteiger partial charge on any atom is -0.334 e. The van der Waals surface area contributed by atoms with Crippen LogP contribution < -0.4 is 5.73 Å². The monoisotopic (exact) mass is 250 g/mol. The molecule has 0 aromatic heterocycles. The maximum atomic E-state index is 12.8. The van der Waals surface area contributed by atoms with E-state index in [1.807, 2.05) is 11.8 Å². The van der Waals surface area contributed by atoms with Crippen molar-refractivity contribution in [3.63, 3.8) is 0 Å². The standard InChI is InChI=1S/C14H19FN2O/c1-2-13(16)14(18)17(12-7-8-12)9-10-3-5-11(15)6-4-10/h3-6,12-13H,2,7-9,16H2,1H3. The topological polar surface area (TPSA) is 46.3 Å². The Kier molecular flexibility index (Phi) is 3.97. The lowest BCUT2D eigenvalue weighted by Crippen LogP contribution is -2.44. The summed E-state index contributed by atoms with van der Waals surface area (Å²) in [7, 11) is 0. The first-order valence-corrected chi connectivity index (χ1v) is 6.42. The maximum absolute atomic E-state index is 12.8. The predicted octanol–water partition coefficient (Wildman–Crippen LogP) is 2.05. The van der Waals surface area contributed by atoms with E-state index in [1.54, 1.807) is 12.1 Å². The van der Waals surface area contributed by atoms with Crippen LogP contribution in [-0.4, -0.2) is 22.9 Å². The van der Waals surface area contributed by atoms with E-state index in [2.05, 4.69) is 0 Å². The number of carbonyl (C=O) groups excluding carboxylic acids is 1. The highest BCUT2D eigenvalue weighted by atomic mass is 19.1. The van der Waals surface area contributed by atoms with Crippen LogP contribution in [0, 0.1) is 5.82 Å². The number of nitrogens with two attached hydrogens (primary N) is 1. The van der Waals surface area contributed by atoms with Gasteiger partial charge in [0.2, 0.25) is 5.91 Å². The van der Waals surface area contributed by atoms with E-state index in [0.29, 0.717) is 19.0 Å². The van der Waals surface area contributed by atoms with Crippen LogP contribution in [0.1, 0.15) is 31.7 Å². The first-order chi connectivity index (χ1) is 8.61. The van der Waals surface area contributed by atoms with E-state index in [4.69, 9.17) is 5.73 Å². The van der Waals surface area contributed by atoms with Gasteiger partial charge < -0.3 is 10.6 Å². The molecule has 1 fully saturated rings. The fourth-order valence-electron chi connectivity index (χ4n) is 1.95. The molecule has 0 bridgehead atoms. The molecule has 18 heavy (non-hydrogen) atoms. The van der Waals surface area contributed by atoms with Crippen molar-refractivity contribution >= 4 is 5.91 Å². The van der Waals surface area contributed by atoms with Crippen LogP contribution in [0.4, 0.5) is 4.39 Å². The normalized spacial score (nSPS) is 16.4. The van der Waals surface area contributed by atoms with Crippen LogP contribution in [0.2, 0.25) is 0 Å². The molecular weight excluding hydrogens is 231 g/mol. The molecule has 1 aliphatic carbocycles. The number of hydrogen-bond donors (Lipinski definition) is 1. The van der Waals surface area contributed by atoms with Crippen LogP contribution in [0.5, 0.6) is 0 Å². The Hall–Kier alpha value is -1.42. The van der Waals surface area contributed by atoms with Crippen LogP contribution in [0.15, 0.2) is 24.3 Å². The Morgan fingerprint density at radius 3 is 2.56 bits per heavy atom.